The fourth-order valence-corrected chi connectivity index (χ4v) is 3.97. The predicted octanol–water partition coefficient (Wildman–Crippen LogP) is 1.41. The van der Waals surface area contributed by atoms with Crippen LogP contribution in [0.25, 0.3) is 0 Å². The largest absolute Gasteiger partial charge is 0.379 e. The number of hydrogen-bond acceptors (Lipinski definition) is 2. The summed E-state index contributed by atoms with van der Waals surface area (Å²) in [7, 11) is 5.83. The smallest absolute Gasteiger partial charge is 0.110 e. The Bertz CT molecular complexity index is 175. The summed E-state index contributed by atoms with van der Waals surface area (Å²) in [4.78, 5) is 0. The maximum Gasteiger partial charge on any atom is 0.110 e. The van der Waals surface area contributed by atoms with Gasteiger partial charge in [0.2, 0.25) is 0 Å². The molecule has 2 unspecified atom stereocenters. The number of rotatable bonds is 1. The quantitative estimate of drug-likeness (QED) is 0.547. The van der Waals surface area contributed by atoms with Gasteiger partial charge in [-0.2, -0.15) is 11.8 Å². The molecule has 2 aliphatic heterocycles. The summed E-state index contributed by atoms with van der Waals surface area (Å²) in [6, 6.07) is -0.0105. The molecule has 2 rings (SSSR count). The number of hydrogen-bond donors (Lipinski definition) is 0. The fraction of sp³-hybridized carbons (Fsp3) is 1.00. The van der Waals surface area contributed by atoms with Gasteiger partial charge in [-0.25, -0.2) is 0 Å². The first kappa shape index (κ1) is 8.00. The minimum absolute atomic E-state index is 0.0105. The van der Waals surface area contributed by atoms with Crippen molar-refractivity contribution in [3.05, 3.63) is 0 Å². The van der Waals surface area contributed by atoms with Crippen LogP contribution >= 0.6 is 11.8 Å². The second-order valence-corrected chi connectivity index (χ2v) is 4.73. The number of thioether (sulfide) groups is 1. The molecule has 2 heterocycles. The highest BCUT2D eigenvalue weighted by Crippen LogP contribution is 2.52. The van der Waals surface area contributed by atoms with Gasteiger partial charge < -0.3 is 4.74 Å². The second kappa shape index (κ2) is 2.43. The monoisotopic (exact) mass is 168 g/mol. The van der Waals surface area contributed by atoms with E-state index in [9.17, 15) is 0 Å². The predicted molar refractivity (Wildman–Crippen MR) is 49.1 cm³/mol. The van der Waals surface area contributed by atoms with E-state index < -0.39 is 0 Å². The van der Waals surface area contributed by atoms with Gasteiger partial charge in [-0.05, 0) is 12.3 Å². The van der Waals surface area contributed by atoms with Crippen molar-refractivity contribution in [2.75, 3.05) is 5.75 Å². The summed E-state index contributed by atoms with van der Waals surface area (Å²) in [6.45, 7) is 4.46. The summed E-state index contributed by atoms with van der Waals surface area (Å²) in [5.41, 5.74) is 0.120. The van der Waals surface area contributed by atoms with E-state index in [4.69, 9.17) is 12.6 Å². The molecule has 1 nitrogen and oxygen atoms in total. The van der Waals surface area contributed by atoms with Gasteiger partial charge in [-0.3, -0.25) is 0 Å². The lowest BCUT2D eigenvalue weighted by Crippen LogP contribution is -2.35. The van der Waals surface area contributed by atoms with E-state index >= 15 is 0 Å². The summed E-state index contributed by atoms with van der Waals surface area (Å²) in [5, 5.41) is 0.551. The van der Waals surface area contributed by atoms with Crippen molar-refractivity contribution in [2.24, 2.45) is 5.92 Å². The molecule has 11 heavy (non-hydrogen) atoms. The lowest BCUT2D eigenvalue weighted by molar-refractivity contribution is -0.0154. The van der Waals surface area contributed by atoms with Crippen molar-refractivity contribution >= 4 is 19.6 Å². The van der Waals surface area contributed by atoms with Gasteiger partial charge in [0.25, 0.3) is 0 Å². The lowest BCUT2D eigenvalue weighted by Gasteiger charge is -2.29. The summed E-state index contributed by atoms with van der Waals surface area (Å²) in [5.74, 6) is 1.79. The molecule has 2 fully saturated rings. The van der Waals surface area contributed by atoms with Crippen molar-refractivity contribution in [1.29, 1.82) is 0 Å². The van der Waals surface area contributed by atoms with E-state index in [0.29, 0.717) is 11.2 Å². The van der Waals surface area contributed by atoms with Crippen LogP contribution in [0.1, 0.15) is 20.3 Å². The van der Waals surface area contributed by atoms with Gasteiger partial charge in [0.05, 0.1) is 5.60 Å². The van der Waals surface area contributed by atoms with E-state index in [1.807, 2.05) is 11.8 Å². The highest BCUT2D eigenvalue weighted by atomic mass is 32.2. The highest BCUT2D eigenvalue weighted by molar-refractivity contribution is 8.00. The van der Waals surface area contributed by atoms with Gasteiger partial charge in [-0.15, -0.1) is 0 Å². The molecule has 60 valence electrons. The van der Waals surface area contributed by atoms with E-state index in [1.165, 1.54) is 0 Å². The molecule has 2 radical (unpaired) electrons. The third kappa shape index (κ3) is 0.904. The molecule has 2 aliphatic rings. The molecule has 0 aromatic rings. The van der Waals surface area contributed by atoms with Crippen molar-refractivity contribution in [3.63, 3.8) is 0 Å². The molecule has 3 heteroatoms. The molecular formula is C8H13BOS. The molecule has 2 saturated heterocycles. The maximum atomic E-state index is 5.83. The number of ether oxygens (including phenoxy) is 1. The summed E-state index contributed by atoms with van der Waals surface area (Å²) < 4.78 is 5.77. The normalized spacial score (nSPS) is 55.3. The zero-order chi connectivity index (χ0) is 8.06. The van der Waals surface area contributed by atoms with Crippen LogP contribution < -0.4 is 0 Å². The Morgan fingerprint density at radius 3 is 2.73 bits per heavy atom. The average molecular weight is 168 g/mol. The van der Waals surface area contributed by atoms with E-state index in [0.717, 1.165) is 12.2 Å². The van der Waals surface area contributed by atoms with Crippen LogP contribution in [0.2, 0.25) is 0 Å². The topological polar surface area (TPSA) is 9.23 Å². The molecule has 4 atom stereocenters. The second-order valence-electron chi connectivity index (χ2n) is 3.57. The molecule has 0 aromatic heterocycles. The average Bonchev–Trinajstić information content (AvgIpc) is 2.42. The Hall–Kier alpha value is 0.375. The Labute approximate surface area is 73.7 Å². The Morgan fingerprint density at radius 2 is 2.45 bits per heavy atom. The third-order valence-electron chi connectivity index (χ3n) is 3.14. The highest BCUT2D eigenvalue weighted by Gasteiger charge is 2.55. The van der Waals surface area contributed by atoms with Crippen LogP contribution in [-0.4, -0.2) is 30.5 Å². The maximum absolute atomic E-state index is 5.83. The first-order valence-electron chi connectivity index (χ1n) is 4.24. The van der Waals surface area contributed by atoms with Crippen molar-refractivity contribution in [2.45, 2.75) is 37.1 Å². The van der Waals surface area contributed by atoms with Gasteiger partial charge in [-0.1, -0.05) is 13.8 Å². The van der Waals surface area contributed by atoms with Gasteiger partial charge >= 0.3 is 0 Å². The number of fused-ring (bicyclic) bond motifs is 2. The van der Waals surface area contributed by atoms with Crippen molar-refractivity contribution in [3.8, 4) is 0 Å². The molecular weight excluding hydrogens is 155 g/mol. The van der Waals surface area contributed by atoms with Crippen LogP contribution in [0.5, 0.6) is 0 Å². The Kier molecular flexibility index (Phi) is 1.77. The van der Waals surface area contributed by atoms with Crippen LogP contribution in [0.15, 0.2) is 0 Å². The van der Waals surface area contributed by atoms with E-state index in [-0.39, 0.29) is 11.6 Å². The van der Waals surface area contributed by atoms with Crippen molar-refractivity contribution < 1.29 is 4.74 Å². The zero-order valence-corrected chi connectivity index (χ0v) is 7.86. The lowest BCUT2D eigenvalue weighted by atomic mass is 9.85. The molecule has 0 saturated carbocycles. The molecule has 0 N–H and O–H groups in total. The standard InChI is InChI=1S/C8H13BOS/c1-3-8-4-11-6(5(8)2)7(9)10-8/h5-7H,3-4H2,1-2H3/t5?,6?,7-,8-/m1/s1. The van der Waals surface area contributed by atoms with Gasteiger partial charge in [0.1, 0.15) is 7.85 Å². The first-order chi connectivity index (χ1) is 5.19. The molecule has 0 amide bonds. The summed E-state index contributed by atoms with van der Waals surface area (Å²) >= 11 is 1.98. The molecule has 0 spiro atoms. The van der Waals surface area contributed by atoms with Crippen LogP contribution in [0, 0.1) is 5.92 Å². The van der Waals surface area contributed by atoms with E-state index in [2.05, 4.69) is 13.8 Å². The minimum Gasteiger partial charge on any atom is -0.379 e. The van der Waals surface area contributed by atoms with Gasteiger partial charge in [0, 0.05) is 17.0 Å². The van der Waals surface area contributed by atoms with Crippen LogP contribution in [0.4, 0.5) is 0 Å². The zero-order valence-electron chi connectivity index (χ0n) is 7.04. The third-order valence-corrected chi connectivity index (χ3v) is 4.85. The van der Waals surface area contributed by atoms with Crippen molar-refractivity contribution in [1.82, 2.24) is 0 Å². The molecule has 0 aromatic carbocycles. The first-order valence-corrected chi connectivity index (χ1v) is 5.29. The fourth-order valence-electron chi connectivity index (χ4n) is 2.18. The Morgan fingerprint density at radius 1 is 1.73 bits per heavy atom. The van der Waals surface area contributed by atoms with Gasteiger partial charge in [0.15, 0.2) is 0 Å². The SMILES string of the molecule is [B][C@@H]1O[C@]2(CC)CSC1C2C. The molecule has 2 bridgehead atoms. The van der Waals surface area contributed by atoms with Crippen LogP contribution in [-0.2, 0) is 4.74 Å². The summed E-state index contributed by atoms with van der Waals surface area (Å²) in [6.07, 6.45) is 1.10. The Balaban J connectivity index is 2.24. The minimum atomic E-state index is -0.0105. The van der Waals surface area contributed by atoms with Crippen LogP contribution in [0.3, 0.4) is 0 Å². The van der Waals surface area contributed by atoms with E-state index in [1.54, 1.807) is 0 Å². The molecule has 0 aliphatic carbocycles.